The van der Waals surface area contributed by atoms with Gasteiger partial charge in [0.2, 0.25) is 11.8 Å². The lowest BCUT2D eigenvalue weighted by atomic mass is 10.1. The second kappa shape index (κ2) is 8.26. The minimum atomic E-state index is -0.509. The minimum Gasteiger partial charge on any atom is -0.350 e. The van der Waals surface area contributed by atoms with E-state index >= 15 is 0 Å². The molecule has 1 aromatic rings. The molecule has 1 atom stereocenters. The lowest BCUT2D eigenvalue weighted by Gasteiger charge is -2.17. The Labute approximate surface area is 113 Å². The maximum absolute atomic E-state index is 12.0. The van der Waals surface area contributed by atoms with Crippen molar-refractivity contribution >= 4 is 11.8 Å². The normalized spacial score (nSPS) is 11.7. The molecule has 0 aliphatic carbocycles. The molecule has 1 rings (SSSR count). The number of carbonyl (C=O) groups excluding carboxylic acids is 2. The van der Waals surface area contributed by atoms with Crippen LogP contribution in [-0.4, -0.2) is 24.4 Å². The van der Waals surface area contributed by atoms with Crippen LogP contribution in [0.25, 0.3) is 0 Å². The van der Waals surface area contributed by atoms with E-state index in [1.54, 1.807) is 0 Å². The van der Waals surface area contributed by atoms with Crippen molar-refractivity contribution < 1.29 is 9.59 Å². The Morgan fingerprint density at radius 2 is 1.95 bits per heavy atom. The van der Waals surface area contributed by atoms with Gasteiger partial charge in [0, 0.05) is 13.5 Å². The van der Waals surface area contributed by atoms with Crippen LogP contribution in [0.3, 0.4) is 0 Å². The first kappa shape index (κ1) is 15.2. The maximum atomic E-state index is 12.0. The van der Waals surface area contributed by atoms with Crippen LogP contribution in [0.2, 0.25) is 0 Å². The summed E-state index contributed by atoms with van der Waals surface area (Å²) < 4.78 is 0. The highest BCUT2D eigenvalue weighted by Crippen LogP contribution is 2.00. The first-order valence-corrected chi connectivity index (χ1v) is 6.42. The van der Waals surface area contributed by atoms with Gasteiger partial charge in [-0.25, -0.2) is 0 Å². The largest absolute Gasteiger partial charge is 0.350 e. The van der Waals surface area contributed by atoms with E-state index in [0.29, 0.717) is 25.9 Å². The number of nitrogens with two attached hydrogens (primary N) is 1. The van der Waals surface area contributed by atoms with E-state index in [9.17, 15) is 9.59 Å². The standard InChI is InChI=1S/C14H21N3O2/c1-11(18)17-13(8-5-9-15)14(19)16-10-12-6-3-2-4-7-12/h2-4,6-7,13H,5,8-10,15H2,1H3,(H,16,19)(H,17,18)/t13-/m0/s1. The Balaban J connectivity index is 2.48. The van der Waals surface area contributed by atoms with Crippen molar-refractivity contribution in [2.45, 2.75) is 32.4 Å². The molecule has 0 bridgehead atoms. The van der Waals surface area contributed by atoms with Crippen LogP contribution in [-0.2, 0) is 16.1 Å². The van der Waals surface area contributed by atoms with Gasteiger partial charge < -0.3 is 16.4 Å². The van der Waals surface area contributed by atoms with Crippen LogP contribution < -0.4 is 16.4 Å². The van der Waals surface area contributed by atoms with Crippen molar-refractivity contribution in [2.75, 3.05) is 6.54 Å². The SMILES string of the molecule is CC(=O)N[C@@H](CCCN)C(=O)NCc1ccccc1. The number of hydrogen-bond acceptors (Lipinski definition) is 3. The predicted molar refractivity (Wildman–Crippen MR) is 74.2 cm³/mol. The van der Waals surface area contributed by atoms with Crippen LogP contribution in [0.4, 0.5) is 0 Å². The highest BCUT2D eigenvalue weighted by molar-refractivity contribution is 5.86. The maximum Gasteiger partial charge on any atom is 0.242 e. The summed E-state index contributed by atoms with van der Waals surface area (Å²) in [5.41, 5.74) is 6.45. The van der Waals surface area contributed by atoms with Crippen molar-refractivity contribution in [2.24, 2.45) is 5.73 Å². The van der Waals surface area contributed by atoms with Crippen molar-refractivity contribution in [1.29, 1.82) is 0 Å². The summed E-state index contributed by atoms with van der Waals surface area (Å²) in [7, 11) is 0. The molecule has 0 radical (unpaired) electrons. The van der Waals surface area contributed by atoms with Gasteiger partial charge in [-0.15, -0.1) is 0 Å². The molecule has 1 aromatic carbocycles. The number of hydrogen-bond donors (Lipinski definition) is 3. The number of rotatable bonds is 7. The van der Waals surface area contributed by atoms with Crippen molar-refractivity contribution in [3.8, 4) is 0 Å². The van der Waals surface area contributed by atoms with E-state index in [1.807, 2.05) is 30.3 Å². The molecule has 4 N–H and O–H groups in total. The number of amides is 2. The van der Waals surface area contributed by atoms with Crippen LogP contribution in [0.15, 0.2) is 30.3 Å². The van der Waals surface area contributed by atoms with E-state index < -0.39 is 6.04 Å². The fraction of sp³-hybridized carbons (Fsp3) is 0.429. The number of benzene rings is 1. The molecule has 2 amide bonds. The monoisotopic (exact) mass is 263 g/mol. The molecule has 0 aromatic heterocycles. The van der Waals surface area contributed by atoms with Crippen LogP contribution in [0.1, 0.15) is 25.3 Å². The molecule has 0 aliphatic heterocycles. The quantitative estimate of drug-likeness (QED) is 0.671. The summed E-state index contributed by atoms with van der Waals surface area (Å²) >= 11 is 0. The lowest BCUT2D eigenvalue weighted by molar-refractivity contribution is -0.128. The zero-order chi connectivity index (χ0) is 14.1. The molecule has 0 fully saturated rings. The summed E-state index contributed by atoms with van der Waals surface area (Å²) in [6.45, 7) is 2.36. The second-order valence-electron chi connectivity index (χ2n) is 4.39. The first-order valence-electron chi connectivity index (χ1n) is 6.42. The fourth-order valence-electron chi connectivity index (χ4n) is 1.74. The smallest absolute Gasteiger partial charge is 0.242 e. The Hall–Kier alpha value is -1.88. The average molecular weight is 263 g/mol. The molecular formula is C14H21N3O2. The van der Waals surface area contributed by atoms with Gasteiger partial charge in [0.25, 0.3) is 0 Å². The van der Waals surface area contributed by atoms with E-state index in [4.69, 9.17) is 5.73 Å². The third kappa shape index (κ3) is 6.01. The van der Waals surface area contributed by atoms with Gasteiger partial charge in [-0.05, 0) is 24.9 Å². The molecule has 0 saturated heterocycles. The predicted octanol–water partition coefficient (Wildman–Crippen LogP) is 0.546. The van der Waals surface area contributed by atoms with E-state index in [-0.39, 0.29) is 11.8 Å². The topological polar surface area (TPSA) is 84.2 Å². The highest BCUT2D eigenvalue weighted by atomic mass is 16.2. The molecule has 19 heavy (non-hydrogen) atoms. The molecule has 104 valence electrons. The summed E-state index contributed by atoms with van der Waals surface area (Å²) in [6, 6.07) is 9.13. The van der Waals surface area contributed by atoms with Crippen molar-refractivity contribution in [3.63, 3.8) is 0 Å². The van der Waals surface area contributed by atoms with Crippen molar-refractivity contribution in [3.05, 3.63) is 35.9 Å². The second-order valence-corrected chi connectivity index (χ2v) is 4.39. The van der Waals surface area contributed by atoms with E-state index in [2.05, 4.69) is 10.6 Å². The van der Waals surface area contributed by atoms with Gasteiger partial charge >= 0.3 is 0 Å². The third-order valence-corrected chi connectivity index (χ3v) is 2.70. The highest BCUT2D eigenvalue weighted by Gasteiger charge is 2.18. The third-order valence-electron chi connectivity index (χ3n) is 2.70. The summed E-state index contributed by atoms with van der Waals surface area (Å²) in [6.07, 6.45) is 1.25. The Morgan fingerprint density at radius 3 is 2.53 bits per heavy atom. The molecule has 0 spiro atoms. The average Bonchev–Trinajstić information content (AvgIpc) is 2.41. The fourth-order valence-corrected chi connectivity index (χ4v) is 1.74. The summed E-state index contributed by atoms with van der Waals surface area (Å²) in [5, 5.41) is 5.46. The van der Waals surface area contributed by atoms with Gasteiger partial charge in [-0.3, -0.25) is 9.59 Å². The minimum absolute atomic E-state index is 0.174. The van der Waals surface area contributed by atoms with Gasteiger partial charge in [-0.2, -0.15) is 0 Å². The summed E-state index contributed by atoms with van der Waals surface area (Å²) in [4.78, 5) is 23.1. The molecular weight excluding hydrogens is 242 g/mol. The van der Waals surface area contributed by atoms with Gasteiger partial charge in [-0.1, -0.05) is 30.3 Å². The van der Waals surface area contributed by atoms with E-state index in [0.717, 1.165) is 5.56 Å². The van der Waals surface area contributed by atoms with Crippen LogP contribution in [0.5, 0.6) is 0 Å². The van der Waals surface area contributed by atoms with Crippen molar-refractivity contribution in [1.82, 2.24) is 10.6 Å². The zero-order valence-electron chi connectivity index (χ0n) is 11.2. The van der Waals surface area contributed by atoms with Gasteiger partial charge in [0.15, 0.2) is 0 Å². The van der Waals surface area contributed by atoms with Crippen LogP contribution in [0, 0.1) is 0 Å². The Morgan fingerprint density at radius 1 is 1.26 bits per heavy atom. The molecule has 0 aliphatic rings. The van der Waals surface area contributed by atoms with Crippen LogP contribution >= 0.6 is 0 Å². The number of nitrogens with one attached hydrogen (secondary N) is 2. The van der Waals surface area contributed by atoms with Gasteiger partial charge in [0.1, 0.15) is 6.04 Å². The number of carbonyl (C=O) groups is 2. The first-order chi connectivity index (χ1) is 9.13. The van der Waals surface area contributed by atoms with Gasteiger partial charge in [0.05, 0.1) is 0 Å². The molecule has 0 heterocycles. The molecule has 0 saturated carbocycles. The Bertz CT molecular complexity index is 406. The molecule has 5 heteroatoms. The lowest BCUT2D eigenvalue weighted by Crippen LogP contribution is -2.46. The summed E-state index contributed by atoms with van der Waals surface area (Å²) in [5.74, 6) is -0.385. The molecule has 0 unspecified atom stereocenters. The van der Waals surface area contributed by atoms with E-state index in [1.165, 1.54) is 6.92 Å². The Kier molecular flexibility index (Phi) is 6.60. The molecule has 5 nitrogen and oxygen atoms in total. The zero-order valence-corrected chi connectivity index (χ0v) is 11.2.